The number of aromatic nitrogens is 1. The molecule has 1 heterocycles. The maximum Gasteiger partial charge on any atom is 0.218 e. The Morgan fingerprint density at radius 1 is 1.40 bits per heavy atom. The number of primary sulfonamides is 1. The van der Waals surface area contributed by atoms with E-state index in [1.165, 1.54) is 11.3 Å². The van der Waals surface area contributed by atoms with Crippen LogP contribution < -0.4 is 5.14 Å². The molecule has 1 aromatic carbocycles. The largest absolute Gasteiger partial charge is 0.240 e. The van der Waals surface area contributed by atoms with Gasteiger partial charge in [0.05, 0.1) is 10.2 Å². The average molecular weight is 242 g/mol. The summed E-state index contributed by atoms with van der Waals surface area (Å²) in [4.78, 5) is 4.24. The zero-order chi connectivity index (χ0) is 11.1. The summed E-state index contributed by atoms with van der Waals surface area (Å²) in [5.41, 5.74) is 0.813. The maximum atomic E-state index is 11.2. The first-order chi connectivity index (χ1) is 6.98. The molecule has 0 aliphatic heterocycles. The summed E-state index contributed by atoms with van der Waals surface area (Å²) in [7, 11) is -3.56. The summed E-state index contributed by atoms with van der Waals surface area (Å²) in [6.07, 6.45) is 0. The SMILES string of the molecule is CC(c1nc2ccccc2s1)S(N)(=O)=O. The van der Waals surface area contributed by atoms with Crippen molar-refractivity contribution in [3.8, 4) is 0 Å². The van der Waals surface area contributed by atoms with Crippen LogP contribution in [0.15, 0.2) is 24.3 Å². The molecule has 1 aromatic heterocycles. The van der Waals surface area contributed by atoms with E-state index in [-0.39, 0.29) is 0 Å². The molecule has 0 amide bonds. The highest BCUT2D eigenvalue weighted by Gasteiger charge is 2.21. The molecule has 0 radical (unpaired) electrons. The number of sulfonamides is 1. The average Bonchev–Trinajstić information content (AvgIpc) is 2.58. The van der Waals surface area contributed by atoms with Crippen molar-refractivity contribution in [2.45, 2.75) is 12.2 Å². The number of rotatable bonds is 2. The van der Waals surface area contributed by atoms with Crippen molar-refractivity contribution in [1.29, 1.82) is 0 Å². The van der Waals surface area contributed by atoms with Crippen molar-refractivity contribution < 1.29 is 8.42 Å². The molecule has 15 heavy (non-hydrogen) atoms. The van der Waals surface area contributed by atoms with Crippen molar-refractivity contribution in [2.24, 2.45) is 5.14 Å². The Hall–Kier alpha value is -0.980. The minimum absolute atomic E-state index is 0.540. The lowest BCUT2D eigenvalue weighted by Crippen LogP contribution is -2.18. The molecule has 0 aliphatic carbocycles. The molecular formula is C9H10N2O2S2. The number of nitrogens with two attached hydrogens (primary N) is 1. The minimum atomic E-state index is -3.56. The summed E-state index contributed by atoms with van der Waals surface area (Å²) in [5.74, 6) is 0. The first-order valence-electron chi connectivity index (χ1n) is 4.35. The molecule has 0 fully saturated rings. The van der Waals surface area contributed by atoms with Gasteiger partial charge in [-0.3, -0.25) is 0 Å². The summed E-state index contributed by atoms with van der Waals surface area (Å²) in [6.45, 7) is 1.55. The summed E-state index contributed by atoms with van der Waals surface area (Å²) < 4.78 is 23.3. The highest BCUT2D eigenvalue weighted by atomic mass is 32.2. The molecule has 0 saturated heterocycles. The molecule has 6 heteroatoms. The Kier molecular flexibility index (Phi) is 2.49. The van der Waals surface area contributed by atoms with Crippen molar-refractivity contribution in [1.82, 2.24) is 4.98 Å². The van der Waals surface area contributed by atoms with Gasteiger partial charge in [-0.1, -0.05) is 12.1 Å². The number of para-hydroxylation sites is 1. The normalized spacial score (nSPS) is 14.3. The van der Waals surface area contributed by atoms with Crippen LogP contribution in [0.2, 0.25) is 0 Å². The third kappa shape index (κ3) is 2.01. The smallest absolute Gasteiger partial charge is 0.218 e. The summed E-state index contributed by atoms with van der Waals surface area (Å²) in [6, 6.07) is 7.52. The molecule has 2 aromatic rings. The van der Waals surface area contributed by atoms with Crippen LogP contribution in [0.25, 0.3) is 10.2 Å². The maximum absolute atomic E-state index is 11.2. The Bertz CT molecular complexity index is 556. The second kappa shape index (κ2) is 3.55. The number of hydrogen-bond acceptors (Lipinski definition) is 4. The molecule has 80 valence electrons. The van der Waals surface area contributed by atoms with Crippen molar-refractivity contribution in [3.05, 3.63) is 29.3 Å². The molecule has 2 N–H and O–H groups in total. The molecule has 0 aliphatic rings. The predicted molar refractivity (Wildman–Crippen MR) is 61.1 cm³/mol. The fourth-order valence-corrected chi connectivity index (χ4v) is 2.99. The molecule has 1 atom stereocenters. The van der Waals surface area contributed by atoms with Crippen molar-refractivity contribution >= 4 is 31.6 Å². The number of nitrogens with zero attached hydrogens (tertiary/aromatic N) is 1. The predicted octanol–water partition coefficient (Wildman–Crippen LogP) is 1.65. The lowest BCUT2D eigenvalue weighted by atomic mass is 10.3. The number of thiazole rings is 1. The molecule has 4 nitrogen and oxygen atoms in total. The zero-order valence-corrected chi connectivity index (χ0v) is 9.68. The Morgan fingerprint density at radius 3 is 2.67 bits per heavy atom. The van der Waals surface area contributed by atoms with Gasteiger partial charge < -0.3 is 0 Å². The van der Waals surface area contributed by atoms with E-state index in [4.69, 9.17) is 5.14 Å². The number of hydrogen-bond donors (Lipinski definition) is 1. The van der Waals surface area contributed by atoms with E-state index in [0.29, 0.717) is 5.01 Å². The standard InChI is InChI=1S/C9H10N2O2S2/c1-6(15(10,12)13)9-11-7-4-2-3-5-8(7)14-9/h2-6H,1H3,(H2,10,12,13). The van der Waals surface area contributed by atoms with E-state index in [1.807, 2.05) is 24.3 Å². The Morgan fingerprint density at radius 2 is 2.07 bits per heavy atom. The van der Waals surface area contributed by atoms with Crippen LogP contribution in [0.4, 0.5) is 0 Å². The third-order valence-corrected chi connectivity index (χ3v) is 4.73. The van der Waals surface area contributed by atoms with E-state index in [9.17, 15) is 8.42 Å². The van der Waals surface area contributed by atoms with Gasteiger partial charge in [0, 0.05) is 0 Å². The summed E-state index contributed by atoms with van der Waals surface area (Å²) >= 11 is 1.36. The molecule has 0 spiro atoms. The first-order valence-corrected chi connectivity index (χ1v) is 6.78. The lowest BCUT2D eigenvalue weighted by molar-refractivity contribution is 0.588. The topological polar surface area (TPSA) is 73.0 Å². The highest BCUT2D eigenvalue weighted by molar-refractivity contribution is 7.89. The van der Waals surface area contributed by atoms with Crippen LogP contribution in [-0.2, 0) is 10.0 Å². The van der Waals surface area contributed by atoms with Gasteiger partial charge in [-0.25, -0.2) is 18.5 Å². The Balaban J connectivity index is 2.54. The second-order valence-electron chi connectivity index (χ2n) is 3.25. The summed E-state index contributed by atoms with van der Waals surface area (Å²) in [5, 5.41) is 4.87. The quantitative estimate of drug-likeness (QED) is 0.870. The van der Waals surface area contributed by atoms with Gasteiger partial charge in [0.15, 0.2) is 0 Å². The number of benzene rings is 1. The monoisotopic (exact) mass is 242 g/mol. The van der Waals surface area contributed by atoms with Crippen LogP contribution >= 0.6 is 11.3 Å². The fraction of sp³-hybridized carbons (Fsp3) is 0.222. The van der Waals surface area contributed by atoms with Crippen molar-refractivity contribution in [3.63, 3.8) is 0 Å². The molecule has 1 unspecified atom stereocenters. The molecule has 0 saturated carbocycles. The van der Waals surface area contributed by atoms with E-state index in [0.717, 1.165) is 10.2 Å². The number of fused-ring (bicyclic) bond motifs is 1. The molecule has 2 rings (SSSR count). The Labute approximate surface area is 91.8 Å². The fourth-order valence-electron chi connectivity index (χ4n) is 1.20. The van der Waals surface area contributed by atoms with Crippen LogP contribution in [0, 0.1) is 0 Å². The van der Waals surface area contributed by atoms with Gasteiger partial charge in [-0.05, 0) is 19.1 Å². The van der Waals surface area contributed by atoms with Crippen LogP contribution in [0.3, 0.4) is 0 Å². The van der Waals surface area contributed by atoms with Gasteiger partial charge in [0.2, 0.25) is 10.0 Å². The van der Waals surface area contributed by atoms with E-state index < -0.39 is 15.3 Å². The van der Waals surface area contributed by atoms with Gasteiger partial charge in [0.25, 0.3) is 0 Å². The van der Waals surface area contributed by atoms with E-state index >= 15 is 0 Å². The van der Waals surface area contributed by atoms with Gasteiger partial charge in [0.1, 0.15) is 10.3 Å². The van der Waals surface area contributed by atoms with Gasteiger partial charge in [-0.15, -0.1) is 11.3 Å². The molecule has 0 bridgehead atoms. The van der Waals surface area contributed by atoms with Crippen molar-refractivity contribution in [2.75, 3.05) is 0 Å². The van der Waals surface area contributed by atoms with Crippen LogP contribution in [0.1, 0.15) is 17.2 Å². The minimum Gasteiger partial charge on any atom is -0.240 e. The third-order valence-electron chi connectivity index (χ3n) is 2.15. The molecular weight excluding hydrogens is 232 g/mol. The highest BCUT2D eigenvalue weighted by Crippen LogP contribution is 2.28. The first kappa shape index (κ1) is 10.5. The lowest BCUT2D eigenvalue weighted by Gasteiger charge is -2.03. The van der Waals surface area contributed by atoms with E-state index in [2.05, 4.69) is 4.98 Å². The van der Waals surface area contributed by atoms with Gasteiger partial charge >= 0.3 is 0 Å². The van der Waals surface area contributed by atoms with Gasteiger partial charge in [-0.2, -0.15) is 0 Å². The van der Waals surface area contributed by atoms with E-state index in [1.54, 1.807) is 6.92 Å². The second-order valence-corrected chi connectivity index (χ2v) is 6.20. The van der Waals surface area contributed by atoms with Crippen LogP contribution in [-0.4, -0.2) is 13.4 Å². The zero-order valence-electron chi connectivity index (χ0n) is 8.04. The van der Waals surface area contributed by atoms with Crippen LogP contribution in [0.5, 0.6) is 0 Å².